The molecular weight excluding hydrogens is 332 g/mol. The van der Waals surface area contributed by atoms with Crippen LogP contribution >= 0.6 is 0 Å². The molecule has 3 atom stereocenters. The summed E-state index contributed by atoms with van der Waals surface area (Å²) in [5.41, 5.74) is 0. The van der Waals surface area contributed by atoms with E-state index in [9.17, 15) is 8.42 Å². The fourth-order valence-corrected chi connectivity index (χ4v) is 3.74. The SMILES string of the molecule is CC(C)CCC[C@@H](C)CCC[C@@H](C)CCCC(C)CCOS(C)(=O)=O. The highest BCUT2D eigenvalue weighted by Gasteiger charge is 2.09. The lowest BCUT2D eigenvalue weighted by atomic mass is 9.91. The normalized spacial score (nSPS) is 16.1. The molecule has 0 saturated carbocycles. The molecule has 152 valence electrons. The highest BCUT2D eigenvalue weighted by Crippen LogP contribution is 2.22. The highest BCUT2D eigenvalue weighted by atomic mass is 32.2. The molecule has 0 saturated heterocycles. The van der Waals surface area contributed by atoms with E-state index in [4.69, 9.17) is 4.18 Å². The van der Waals surface area contributed by atoms with Gasteiger partial charge >= 0.3 is 0 Å². The number of rotatable bonds is 16. The van der Waals surface area contributed by atoms with Gasteiger partial charge in [-0.15, -0.1) is 0 Å². The second-order valence-corrected chi connectivity index (χ2v) is 10.5. The van der Waals surface area contributed by atoms with Crippen molar-refractivity contribution in [2.75, 3.05) is 12.9 Å². The second kappa shape index (κ2) is 14.0. The Kier molecular flexibility index (Phi) is 14.0. The van der Waals surface area contributed by atoms with Gasteiger partial charge in [0.2, 0.25) is 0 Å². The van der Waals surface area contributed by atoms with Crippen LogP contribution in [0.5, 0.6) is 0 Å². The van der Waals surface area contributed by atoms with Crippen molar-refractivity contribution in [2.24, 2.45) is 23.7 Å². The molecule has 4 heteroatoms. The van der Waals surface area contributed by atoms with Gasteiger partial charge in [0.05, 0.1) is 12.9 Å². The summed E-state index contributed by atoms with van der Waals surface area (Å²) in [5.74, 6) is 3.06. The van der Waals surface area contributed by atoms with E-state index in [-0.39, 0.29) is 0 Å². The van der Waals surface area contributed by atoms with Gasteiger partial charge in [0, 0.05) is 0 Å². The van der Waals surface area contributed by atoms with Crippen LogP contribution in [0.25, 0.3) is 0 Å². The summed E-state index contributed by atoms with van der Waals surface area (Å²) in [6.07, 6.45) is 13.9. The van der Waals surface area contributed by atoms with E-state index in [2.05, 4.69) is 34.6 Å². The lowest BCUT2D eigenvalue weighted by molar-refractivity contribution is 0.280. The van der Waals surface area contributed by atoms with E-state index < -0.39 is 10.1 Å². The van der Waals surface area contributed by atoms with Crippen LogP contribution in [0.2, 0.25) is 0 Å². The molecule has 25 heavy (non-hydrogen) atoms. The van der Waals surface area contributed by atoms with Gasteiger partial charge in [-0.25, -0.2) is 0 Å². The van der Waals surface area contributed by atoms with E-state index in [1.54, 1.807) is 0 Å². The van der Waals surface area contributed by atoms with Crippen molar-refractivity contribution in [2.45, 2.75) is 98.8 Å². The molecule has 0 radical (unpaired) electrons. The van der Waals surface area contributed by atoms with Gasteiger partial charge in [-0.05, 0) is 30.1 Å². The van der Waals surface area contributed by atoms with Crippen LogP contribution < -0.4 is 0 Å². The summed E-state index contributed by atoms with van der Waals surface area (Å²) in [7, 11) is -3.28. The van der Waals surface area contributed by atoms with Crippen molar-refractivity contribution in [3.63, 3.8) is 0 Å². The van der Waals surface area contributed by atoms with E-state index in [1.165, 1.54) is 57.8 Å². The van der Waals surface area contributed by atoms with Crippen molar-refractivity contribution < 1.29 is 12.6 Å². The van der Waals surface area contributed by atoms with E-state index in [0.717, 1.165) is 30.4 Å². The predicted octanol–water partition coefficient (Wildman–Crippen LogP) is 6.43. The number of hydrogen-bond acceptors (Lipinski definition) is 3. The Labute approximate surface area is 158 Å². The maximum absolute atomic E-state index is 10.9. The first kappa shape index (κ1) is 24.9. The summed E-state index contributed by atoms with van der Waals surface area (Å²) in [6, 6.07) is 0. The van der Waals surface area contributed by atoms with E-state index >= 15 is 0 Å². The largest absolute Gasteiger partial charge is 0.270 e. The fraction of sp³-hybridized carbons (Fsp3) is 1.00. The first-order valence-corrected chi connectivity index (χ1v) is 12.3. The Bertz CT molecular complexity index is 403. The predicted molar refractivity (Wildman–Crippen MR) is 109 cm³/mol. The lowest BCUT2D eigenvalue weighted by Gasteiger charge is -2.16. The topological polar surface area (TPSA) is 43.4 Å². The molecule has 0 bridgehead atoms. The van der Waals surface area contributed by atoms with Crippen LogP contribution in [-0.4, -0.2) is 21.3 Å². The molecule has 3 nitrogen and oxygen atoms in total. The molecule has 1 unspecified atom stereocenters. The molecule has 0 heterocycles. The molecule has 0 aliphatic carbocycles. The summed E-state index contributed by atoms with van der Waals surface area (Å²) in [4.78, 5) is 0. The highest BCUT2D eigenvalue weighted by molar-refractivity contribution is 7.85. The molecular formula is C21H44O3S. The molecule has 0 N–H and O–H groups in total. The third kappa shape index (κ3) is 18.5. The second-order valence-electron chi connectivity index (χ2n) is 8.82. The maximum atomic E-state index is 10.9. The quantitative estimate of drug-likeness (QED) is 0.292. The van der Waals surface area contributed by atoms with Gasteiger partial charge in [-0.1, -0.05) is 92.4 Å². The summed E-state index contributed by atoms with van der Waals surface area (Å²) >= 11 is 0. The average Bonchev–Trinajstić information content (AvgIpc) is 2.45. The molecule has 0 aromatic carbocycles. The molecule has 0 rings (SSSR count). The third-order valence-corrected chi connectivity index (χ3v) is 5.77. The minimum atomic E-state index is -3.28. The van der Waals surface area contributed by atoms with Gasteiger partial charge in [0.1, 0.15) is 0 Å². The van der Waals surface area contributed by atoms with Gasteiger partial charge < -0.3 is 0 Å². The van der Waals surface area contributed by atoms with Gasteiger partial charge in [-0.2, -0.15) is 8.42 Å². The number of hydrogen-bond donors (Lipinski definition) is 0. The Morgan fingerprint density at radius 2 is 1.00 bits per heavy atom. The third-order valence-electron chi connectivity index (χ3n) is 5.17. The lowest BCUT2D eigenvalue weighted by Crippen LogP contribution is -2.08. The van der Waals surface area contributed by atoms with Gasteiger partial charge in [-0.3, -0.25) is 4.18 Å². The zero-order chi connectivity index (χ0) is 19.3. The minimum Gasteiger partial charge on any atom is -0.270 e. The molecule has 0 aromatic heterocycles. The van der Waals surface area contributed by atoms with Crippen LogP contribution in [0.3, 0.4) is 0 Å². The molecule has 0 aliphatic rings. The Balaban J connectivity index is 3.58. The smallest absolute Gasteiger partial charge is 0.264 e. The molecule has 0 aromatic rings. The van der Waals surface area contributed by atoms with Crippen LogP contribution in [-0.2, 0) is 14.3 Å². The van der Waals surface area contributed by atoms with Crippen molar-refractivity contribution >= 4 is 10.1 Å². The van der Waals surface area contributed by atoms with Crippen molar-refractivity contribution in [3.8, 4) is 0 Å². The Morgan fingerprint density at radius 3 is 1.36 bits per heavy atom. The minimum absolute atomic E-state index is 0.324. The van der Waals surface area contributed by atoms with Crippen LogP contribution in [0.1, 0.15) is 98.8 Å². The van der Waals surface area contributed by atoms with Gasteiger partial charge in [0.15, 0.2) is 0 Å². The van der Waals surface area contributed by atoms with Crippen LogP contribution in [0, 0.1) is 23.7 Å². The van der Waals surface area contributed by atoms with Crippen molar-refractivity contribution in [1.29, 1.82) is 0 Å². The molecule has 0 spiro atoms. The van der Waals surface area contributed by atoms with Crippen molar-refractivity contribution in [1.82, 2.24) is 0 Å². The summed E-state index contributed by atoms with van der Waals surface area (Å²) < 4.78 is 26.7. The van der Waals surface area contributed by atoms with E-state index in [0.29, 0.717) is 12.5 Å². The first-order valence-electron chi connectivity index (χ1n) is 10.4. The first-order chi connectivity index (χ1) is 11.6. The van der Waals surface area contributed by atoms with Crippen LogP contribution in [0.4, 0.5) is 0 Å². The zero-order valence-corrected chi connectivity index (χ0v) is 18.5. The molecule has 0 amide bonds. The Hall–Kier alpha value is -0.0900. The summed E-state index contributed by atoms with van der Waals surface area (Å²) in [6.45, 7) is 11.9. The van der Waals surface area contributed by atoms with Crippen LogP contribution in [0.15, 0.2) is 0 Å². The van der Waals surface area contributed by atoms with Crippen molar-refractivity contribution in [3.05, 3.63) is 0 Å². The average molecular weight is 377 g/mol. The monoisotopic (exact) mass is 376 g/mol. The maximum Gasteiger partial charge on any atom is 0.264 e. The van der Waals surface area contributed by atoms with Gasteiger partial charge in [0.25, 0.3) is 10.1 Å². The molecule has 0 aliphatic heterocycles. The molecule has 0 fully saturated rings. The van der Waals surface area contributed by atoms with E-state index in [1.807, 2.05) is 0 Å². The Morgan fingerprint density at radius 1 is 0.640 bits per heavy atom. The summed E-state index contributed by atoms with van der Waals surface area (Å²) in [5, 5.41) is 0. The standard InChI is InChI=1S/C21H44O3S/c1-18(2)10-7-11-19(3)12-8-13-20(4)14-9-15-21(5)16-17-24-25(6,22)23/h18-21H,7-17H2,1-6H3/t19-,20-,21?/m1/s1. The fourth-order valence-electron chi connectivity index (χ4n) is 3.34. The zero-order valence-electron chi connectivity index (χ0n) is 17.7.